The van der Waals surface area contributed by atoms with Gasteiger partial charge >= 0.3 is 0 Å². The Morgan fingerprint density at radius 1 is 1.04 bits per heavy atom. The first-order valence-corrected chi connectivity index (χ1v) is 15.2. The Hall–Kier alpha value is -4.52. The summed E-state index contributed by atoms with van der Waals surface area (Å²) in [6.07, 6.45) is 1.89. The zero-order chi connectivity index (χ0) is 33.7. The third kappa shape index (κ3) is 5.36. The van der Waals surface area contributed by atoms with Crippen molar-refractivity contribution in [1.29, 1.82) is 0 Å². The van der Waals surface area contributed by atoms with Gasteiger partial charge in [0.15, 0.2) is 11.4 Å². The third-order valence-electron chi connectivity index (χ3n) is 9.36. The van der Waals surface area contributed by atoms with E-state index in [-0.39, 0.29) is 35.6 Å². The molecule has 0 radical (unpaired) electrons. The maximum Gasteiger partial charge on any atom is 0.255 e. The minimum absolute atomic E-state index is 0.0167. The first kappa shape index (κ1) is 32.9. The maximum absolute atomic E-state index is 14.0. The van der Waals surface area contributed by atoms with Crippen LogP contribution in [0.4, 0.5) is 0 Å². The Morgan fingerprint density at radius 2 is 1.76 bits per heavy atom. The highest BCUT2D eigenvalue weighted by Gasteiger charge is 2.63. The van der Waals surface area contributed by atoms with Crippen LogP contribution in [0.1, 0.15) is 45.5 Å². The number of phenols is 1. The van der Waals surface area contributed by atoms with E-state index in [1.807, 2.05) is 14.1 Å². The number of aromatic hydroxyl groups is 1. The number of carbonyl (C=O) groups is 4. The number of primary amides is 1. The summed E-state index contributed by atoms with van der Waals surface area (Å²) in [6.45, 7) is 1.44. The predicted octanol–water partition coefficient (Wildman–Crippen LogP) is 1.86. The number of rotatable bonds is 9. The summed E-state index contributed by atoms with van der Waals surface area (Å²) in [5, 5.41) is 48.1. The van der Waals surface area contributed by atoms with Gasteiger partial charge in [-0.2, -0.15) is 0 Å². The number of carbonyl (C=O) groups excluding carboxylic acids is 4. The quantitative estimate of drug-likeness (QED) is 0.176. The molecule has 12 heteroatoms. The summed E-state index contributed by atoms with van der Waals surface area (Å²) in [5.74, 6) is -7.28. The maximum atomic E-state index is 14.0. The van der Waals surface area contributed by atoms with E-state index in [0.717, 1.165) is 19.4 Å². The lowest BCUT2D eigenvalue weighted by Gasteiger charge is -2.50. The van der Waals surface area contributed by atoms with E-state index in [4.69, 9.17) is 5.73 Å². The van der Waals surface area contributed by atoms with Gasteiger partial charge in [-0.15, -0.1) is 0 Å². The number of amides is 2. The zero-order valence-electron chi connectivity index (χ0n) is 26.3. The number of fused-ring (bicyclic) bond motifs is 3. The number of nitrogens with one attached hydrogen (secondary N) is 1. The second-order valence-corrected chi connectivity index (χ2v) is 12.8. The van der Waals surface area contributed by atoms with Gasteiger partial charge in [0.25, 0.3) is 11.8 Å². The number of nitrogens with zero attached hydrogens (tertiary/aromatic N) is 2. The van der Waals surface area contributed by atoms with Gasteiger partial charge in [0.1, 0.15) is 22.8 Å². The van der Waals surface area contributed by atoms with E-state index < -0.39 is 58.0 Å². The van der Waals surface area contributed by atoms with E-state index >= 15 is 0 Å². The van der Waals surface area contributed by atoms with E-state index in [1.54, 1.807) is 44.4 Å². The molecule has 3 aliphatic rings. The summed E-state index contributed by atoms with van der Waals surface area (Å²) >= 11 is 0. The molecular formula is C34H40N4O8. The van der Waals surface area contributed by atoms with Gasteiger partial charge in [0, 0.05) is 23.6 Å². The van der Waals surface area contributed by atoms with E-state index in [2.05, 4.69) is 10.2 Å². The van der Waals surface area contributed by atoms with Crippen molar-refractivity contribution in [3.63, 3.8) is 0 Å². The van der Waals surface area contributed by atoms with Crippen molar-refractivity contribution in [2.24, 2.45) is 17.6 Å². The Kier molecular flexibility index (Phi) is 8.82. The molecule has 2 amide bonds. The fraction of sp³-hybridized carbons (Fsp3) is 0.412. The Balaban J connectivity index is 1.53. The van der Waals surface area contributed by atoms with Gasteiger partial charge in [0.2, 0.25) is 5.78 Å². The van der Waals surface area contributed by atoms with Gasteiger partial charge in [0.05, 0.1) is 11.6 Å². The molecule has 2 aromatic carbocycles. The molecule has 7 N–H and O–H groups in total. The molecule has 12 nitrogen and oxygen atoms in total. The fourth-order valence-electron chi connectivity index (χ4n) is 7.21. The standard InChI is InChI=1S/C34H40N4O8/c1-37(2)13-6-5-12-36-33(45)18-9-7-8-17(14-18)20-10-11-23(39)25-21(20)15-19-16-22-27(38(3)4)29(41)26(32(35)44)31(43)34(22,46)30(42)24(19)28(25)40/h7-11,14,19,22,27,39,41-42,46H,5-6,12-13,15-16H2,1-4H3,(H2,35,44)(H,36,45)/t19-,22-,27?,34-/m0/s1. The molecule has 244 valence electrons. The summed E-state index contributed by atoms with van der Waals surface area (Å²) < 4.78 is 0. The lowest BCUT2D eigenvalue weighted by Crippen LogP contribution is -2.63. The number of likely N-dealkylation sites (N-methyl/N-ethyl adjacent to an activating group) is 1. The summed E-state index contributed by atoms with van der Waals surface area (Å²) in [4.78, 5) is 56.3. The van der Waals surface area contributed by atoms with Gasteiger partial charge in [-0.25, -0.2) is 0 Å². The summed E-state index contributed by atoms with van der Waals surface area (Å²) in [6, 6.07) is 8.87. The molecule has 3 aliphatic carbocycles. The predicted molar refractivity (Wildman–Crippen MR) is 169 cm³/mol. The highest BCUT2D eigenvalue weighted by atomic mass is 16.3. The van der Waals surface area contributed by atoms with Crippen LogP contribution >= 0.6 is 0 Å². The number of allylic oxidation sites excluding steroid dienone is 1. The number of aliphatic hydroxyl groups is 3. The van der Waals surface area contributed by atoms with Crippen LogP contribution in [0.15, 0.2) is 59.1 Å². The molecule has 46 heavy (non-hydrogen) atoms. The van der Waals surface area contributed by atoms with Crippen LogP contribution in [0.5, 0.6) is 5.75 Å². The molecule has 4 atom stereocenters. The van der Waals surface area contributed by atoms with Crippen LogP contribution in [0.25, 0.3) is 11.1 Å². The monoisotopic (exact) mass is 632 g/mol. The van der Waals surface area contributed by atoms with Crippen molar-refractivity contribution in [3.05, 3.63) is 75.8 Å². The smallest absolute Gasteiger partial charge is 0.255 e. The number of hydrogen-bond acceptors (Lipinski definition) is 10. The van der Waals surface area contributed by atoms with Crippen molar-refractivity contribution < 1.29 is 39.6 Å². The molecule has 0 bridgehead atoms. The molecule has 0 heterocycles. The van der Waals surface area contributed by atoms with Crippen molar-refractivity contribution in [1.82, 2.24) is 15.1 Å². The molecule has 2 aromatic rings. The Bertz CT molecular complexity index is 1690. The second kappa shape index (κ2) is 12.3. The topological polar surface area (TPSA) is 194 Å². The molecule has 0 aliphatic heterocycles. The number of hydrogen-bond donors (Lipinski definition) is 6. The van der Waals surface area contributed by atoms with E-state index in [9.17, 15) is 39.6 Å². The average molecular weight is 633 g/mol. The van der Waals surface area contributed by atoms with Crippen molar-refractivity contribution >= 4 is 23.4 Å². The molecule has 0 fully saturated rings. The molecule has 0 saturated carbocycles. The lowest BCUT2D eigenvalue weighted by atomic mass is 9.58. The number of ketones is 2. The first-order chi connectivity index (χ1) is 21.7. The molecule has 0 spiro atoms. The lowest BCUT2D eigenvalue weighted by molar-refractivity contribution is -0.148. The van der Waals surface area contributed by atoms with Crippen LogP contribution in [-0.4, -0.2) is 107 Å². The normalized spacial score (nSPS) is 24.2. The molecule has 1 unspecified atom stereocenters. The second-order valence-electron chi connectivity index (χ2n) is 12.8. The summed E-state index contributed by atoms with van der Waals surface area (Å²) in [5.41, 5.74) is 3.68. The summed E-state index contributed by atoms with van der Waals surface area (Å²) in [7, 11) is 7.15. The molecule has 5 rings (SSSR count). The highest BCUT2D eigenvalue weighted by Crippen LogP contribution is 2.53. The molecule has 0 saturated heterocycles. The Morgan fingerprint density at radius 3 is 2.41 bits per heavy atom. The van der Waals surface area contributed by atoms with E-state index in [0.29, 0.717) is 28.8 Å². The molecular weight excluding hydrogens is 592 g/mol. The van der Waals surface area contributed by atoms with Gasteiger partial charge in [-0.3, -0.25) is 24.1 Å². The van der Waals surface area contributed by atoms with Crippen LogP contribution < -0.4 is 11.1 Å². The number of phenolic OH excluding ortho intramolecular Hbond substituents is 1. The average Bonchev–Trinajstić information content (AvgIpc) is 2.98. The minimum atomic E-state index is -2.70. The minimum Gasteiger partial charge on any atom is -0.510 e. The molecule has 0 aromatic heterocycles. The highest BCUT2D eigenvalue weighted by molar-refractivity contribution is 6.25. The van der Waals surface area contributed by atoms with Crippen molar-refractivity contribution in [2.45, 2.75) is 37.3 Å². The SMILES string of the molecule is CN(C)CCCCNC(=O)c1cccc(-c2ccc(O)c3c2C[C@H]2C[C@H]4C(N(C)C)C(O)=C(C(N)=O)C(=O)[C@@]4(O)C(O)=C2C3=O)c1. The van der Waals surface area contributed by atoms with Crippen molar-refractivity contribution in [3.8, 4) is 16.9 Å². The Labute approximate surface area is 266 Å². The zero-order valence-corrected chi connectivity index (χ0v) is 26.3. The van der Waals surface area contributed by atoms with Crippen LogP contribution in [0.3, 0.4) is 0 Å². The number of benzene rings is 2. The number of nitrogens with two attached hydrogens (primary N) is 1. The number of aliphatic hydroxyl groups excluding tert-OH is 2. The fourth-order valence-corrected chi connectivity index (χ4v) is 7.21. The largest absolute Gasteiger partial charge is 0.510 e. The van der Waals surface area contributed by atoms with Crippen LogP contribution in [-0.2, 0) is 16.0 Å². The van der Waals surface area contributed by atoms with Crippen molar-refractivity contribution in [2.75, 3.05) is 41.3 Å². The third-order valence-corrected chi connectivity index (χ3v) is 9.36. The first-order valence-electron chi connectivity index (χ1n) is 15.2. The van der Waals surface area contributed by atoms with E-state index in [1.165, 1.54) is 11.0 Å². The van der Waals surface area contributed by atoms with Gasteiger partial charge in [-0.1, -0.05) is 18.2 Å². The van der Waals surface area contributed by atoms with Gasteiger partial charge < -0.3 is 36.4 Å². The van der Waals surface area contributed by atoms with Crippen LogP contribution in [0, 0.1) is 11.8 Å². The van der Waals surface area contributed by atoms with Crippen LogP contribution in [0.2, 0.25) is 0 Å². The number of Topliss-reactive ketones (excluding diaryl/α,β-unsaturated/α-hetero) is 2. The number of unbranched alkanes of at least 4 members (excludes halogenated alkanes) is 1. The van der Waals surface area contributed by atoms with Gasteiger partial charge in [-0.05, 0) is 101 Å².